The molecule has 146 valence electrons. The molecule has 0 atom stereocenters. The maximum absolute atomic E-state index is 13.6. The minimum atomic E-state index is -0.399. The lowest BCUT2D eigenvalue weighted by Gasteiger charge is -2.07. The normalized spacial score (nSPS) is 10.6. The van der Waals surface area contributed by atoms with Crippen LogP contribution in [0.1, 0.15) is 15.9 Å². The molecule has 0 spiro atoms. The Bertz CT molecular complexity index is 1030. The molecule has 0 fully saturated rings. The molecular weight excluding hydrogens is 371 g/mol. The number of hydrogen-bond donors (Lipinski definition) is 2. The van der Waals surface area contributed by atoms with E-state index in [1.165, 1.54) is 18.2 Å². The molecular formula is C23H19FN2O3. The minimum Gasteiger partial charge on any atom is -0.497 e. The van der Waals surface area contributed by atoms with Crippen LogP contribution in [0.25, 0.3) is 6.08 Å². The molecule has 0 saturated heterocycles. The number of anilines is 2. The first-order valence-electron chi connectivity index (χ1n) is 8.84. The van der Waals surface area contributed by atoms with Gasteiger partial charge in [-0.1, -0.05) is 18.2 Å². The average Bonchev–Trinajstić information content (AvgIpc) is 2.74. The third kappa shape index (κ3) is 5.52. The van der Waals surface area contributed by atoms with Crippen LogP contribution in [-0.2, 0) is 4.79 Å². The lowest BCUT2D eigenvalue weighted by molar-refractivity contribution is -0.111. The molecule has 0 aliphatic rings. The van der Waals surface area contributed by atoms with E-state index in [0.717, 1.165) is 0 Å². The first-order chi connectivity index (χ1) is 14.0. The molecule has 6 heteroatoms. The number of ether oxygens (including phenoxy) is 1. The average molecular weight is 390 g/mol. The van der Waals surface area contributed by atoms with E-state index in [0.29, 0.717) is 28.3 Å². The Balaban J connectivity index is 1.58. The van der Waals surface area contributed by atoms with E-state index in [1.54, 1.807) is 73.8 Å². The number of halogens is 1. The minimum absolute atomic E-state index is 0.271. The molecule has 5 nitrogen and oxygen atoms in total. The molecule has 2 amide bonds. The Morgan fingerprint density at radius 3 is 2.14 bits per heavy atom. The summed E-state index contributed by atoms with van der Waals surface area (Å²) in [5, 5.41) is 5.45. The van der Waals surface area contributed by atoms with Gasteiger partial charge >= 0.3 is 0 Å². The zero-order valence-corrected chi connectivity index (χ0v) is 15.7. The molecule has 3 aromatic rings. The van der Waals surface area contributed by atoms with Crippen molar-refractivity contribution in [3.63, 3.8) is 0 Å². The second kappa shape index (κ2) is 9.32. The van der Waals surface area contributed by atoms with Gasteiger partial charge in [-0.05, 0) is 60.7 Å². The van der Waals surface area contributed by atoms with Gasteiger partial charge in [-0.15, -0.1) is 0 Å². The van der Waals surface area contributed by atoms with E-state index < -0.39 is 11.7 Å². The summed E-state index contributed by atoms with van der Waals surface area (Å²) < 4.78 is 18.6. The summed E-state index contributed by atoms with van der Waals surface area (Å²) in [6, 6.07) is 19.6. The van der Waals surface area contributed by atoms with Crippen molar-refractivity contribution >= 4 is 29.3 Å². The van der Waals surface area contributed by atoms with E-state index in [2.05, 4.69) is 10.6 Å². The van der Waals surface area contributed by atoms with Crippen LogP contribution in [0.5, 0.6) is 5.75 Å². The molecule has 0 aromatic heterocycles. The Labute approximate surface area is 167 Å². The lowest BCUT2D eigenvalue weighted by atomic mass is 10.1. The molecule has 3 rings (SSSR count). The number of benzene rings is 3. The molecule has 0 radical (unpaired) electrons. The molecule has 0 unspecified atom stereocenters. The highest BCUT2D eigenvalue weighted by molar-refractivity contribution is 6.05. The van der Waals surface area contributed by atoms with Gasteiger partial charge in [-0.25, -0.2) is 4.39 Å². The van der Waals surface area contributed by atoms with Crippen LogP contribution in [0.2, 0.25) is 0 Å². The fourth-order valence-corrected chi connectivity index (χ4v) is 2.54. The van der Waals surface area contributed by atoms with Crippen LogP contribution in [-0.4, -0.2) is 18.9 Å². The van der Waals surface area contributed by atoms with Gasteiger partial charge < -0.3 is 15.4 Å². The van der Waals surface area contributed by atoms with Crippen LogP contribution in [0.4, 0.5) is 15.8 Å². The molecule has 2 N–H and O–H groups in total. The number of carbonyl (C=O) groups excluding carboxylic acids is 2. The fourth-order valence-electron chi connectivity index (χ4n) is 2.54. The lowest BCUT2D eigenvalue weighted by Crippen LogP contribution is -2.12. The monoisotopic (exact) mass is 390 g/mol. The van der Waals surface area contributed by atoms with Gasteiger partial charge in [0.25, 0.3) is 5.91 Å². The number of nitrogens with one attached hydrogen (secondary N) is 2. The molecule has 0 aliphatic carbocycles. The molecule has 0 aliphatic heterocycles. The van der Waals surface area contributed by atoms with E-state index in [4.69, 9.17) is 4.74 Å². The maximum atomic E-state index is 13.6. The van der Waals surface area contributed by atoms with Crippen molar-refractivity contribution in [2.45, 2.75) is 0 Å². The van der Waals surface area contributed by atoms with Gasteiger partial charge in [0.05, 0.1) is 7.11 Å². The highest BCUT2D eigenvalue weighted by Gasteiger charge is 2.07. The van der Waals surface area contributed by atoms with Crippen molar-refractivity contribution in [2.75, 3.05) is 17.7 Å². The Morgan fingerprint density at radius 2 is 1.48 bits per heavy atom. The van der Waals surface area contributed by atoms with Gasteiger partial charge in [0, 0.05) is 28.6 Å². The maximum Gasteiger partial charge on any atom is 0.255 e. The quantitative estimate of drug-likeness (QED) is 0.598. The standard InChI is InChI=1S/C23H19FN2O3/c1-29-20-13-11-19(12-14-20)26-23(28)17-6-9-18(10-7-17)25-22(27)15-8-16-4-2-3-5-21(16)24/h2-15H,1H3,(H,25,27)(H,26,28)/b15-8+. The number of methoxy groups -OCH3 is 1. The largest absolute Gasteiger partial charge is 0.497 e. The third-order valence-electron chi connectivity index (χ3n) is 4.08. The highest BCUT2D eigenvalue weighted by atomic mass is 19.1. The highest BCUT2D eigenvalue weighted by Crippen LogP contribution is 2.17. The Hall–Kier alpha value is -3.93. The van der Waals surface area contributed by atoms with E-state index in [9.17, 15) is 14.0 Å². The first-order valence-corrected chi connectivity index (χ1v) is 8.84. The van der Waals surface area contributed by atoms with Crippen molar-refractivity contribution in [1.29, 1.82) is 0 Å². The van der Waals surface area contributed by atoms with E-state index in [1.807, 2.05) is 0 Å². The van der Waals surface area contributed by atoms with Crippen LogP contribution in [0, 0.1) is 5.82 Å². The van der Waals surface area contributed by atoms with Crippen LogP contribution < -0.4 is 15.4 Å². The van der Waals surface area contributed by atoms with Crippen molar-refractivity contribution < 1.29 is 18.7 Å². The Kier molecular flexibility index (Phi) is 6.37. The zero-order chi connectivity index (χ0) is 20.6. The predicted octanol–water partition coefficient (Wildman–Crippen LogP) is 4.74. The summed E-state index contributed by atoms with van der Waals surface area (Å²) >= 11 is 0. The molecule has 0 bridgehead atoms. The van der Waals surface area contributed by atoms with Crippen LogP contribution in [0.15, 0.2) is 78.9 Å². The van der Waals surface area contributed by atoms with Crippen molar-refractivity contribution in [1.82, 2.24) is 0 Å². The van der Waals surface area contributed by atoms with Crippen LogP contribution in [0.3, 0.4) is 0 Å². The third-order valence-corrected chi connectivity index (χ3v) is 4.08. The van der Waals surface area contributed by atoms with Gasteiger partial charge in [0.15, 0.2) is 0 Å². The van der Waals surface area contributed by atoms with Crippen LogP contribution >= 0.6 is 0 Å². The topological polar surface area (TPSA) is 67.4 Å². The SMILES string of the molecule is COc1ccc(NC(=O)c2ccc(NC(=O)/C=C/c3ccccc3F)cc2)cc1. The first kappa shape index (κ1) is 19.8. The summed E-state index contributed by atoms with van der Waals surface area (Å²) in [5.74, 6) is -0.368. The number of carbonyl (C=O) groups is 2. The van der Waals surface area contributed by atoms with Crippen molar-refractivity contribution in [2.24, 2.45) is 0 Å². The second-order valence-electron chi connectivity index (χ2n) is 6.10. The predicted molar refractivity (Wildman–Crippen MR) is 111 cm³/mol. The van der Waals surface area contributed by atoms with E-state index in [-0.39, 0.29) is 5.91 Å². The summed E-state index contributed by atoms with van der Waals surface area (Å²) in [6.07, 6.45) is 2.66. The van der Waals surface area contributed by atoms with E-state index >= 15 is 0 Å². The van der Waals surface area contributed by atoms with Gasteiger partial charge in [0.2, 0.25) is 5.91 Å². The van der Waals surface area contributed by atoms with Gasteiger partial charge in [0.1, 0.15) is 11.6 Å². The number of rotatable bonds is 6. The second-order valence-corrected chi connectivity index (χ2v) is 6.10. The Morgan fingerprint density at radius 1 is 0.862 bits per heavy atom. The van der Waals surface area contributed by atoms with Crippen molar-refractivity contribution in [3.05, 3.63) is 95.8 Å². The smallest absolute Gasteiger partial charge is 0.255 e. The summed E-state index contributed by atoms with van der Waals surface area (Å²) in [6.45, 7) is 0. The number of amides is 2. The molecule has 3 aromatic carbocycles. The van der Waals surface area contributed by atoms with Gasteiger partial charge in [-0.3, -0.25) is 9.59 Å². The summed E-state index contributed by atoms with van der Waals surface area (Å²) in [5.41, 5.74) is 1.94. The molecule has 0 saturated carbocycles. The summed E-state index contributed by atoms with van der Waals surface area (Å²) in [7, 11) is 1.57. The molecule has 29 heavy (non-hydrogen) atoms. The fraction of sp³-hybridized carbons (Fsp3) is 0.0435. The van der Waals surface area contributed by atoms with Crippen molar-refractivity contribution in [3.8, 4) is 5.75 Å². The number of hydrogen-bond acceptors (Lipinski definition) is 3. The zero-order valence-electron chi connectivity index (χ0n) is 15.7. The molecule has 0 heterocycles. The van der Waals surface area contributed by atoms with Gasteiger partial charge in [-0.2, -0.15) is 0 Å². The summed E-state index contributed by atoms with van der Waals surface area (Å²) in [4.78, 5) is 24.3.